The van der Waals surface area contributed by atoms with E-state index in [4.69, 9.17) is 23.2 Å². The molecule has 0 unspecified atom stereocenters. The second-order valence-corrected chi connectivity index (χ2v) is 11.0. The van der Waals surface area contributed by atoms with Crippen LogP contribution in [-0.4, -0.2) is 31.4 Å². The zero-order valence-electron chi connectivity index (χ0n) is 19.5. The third kappa shape index (κ3) is 5.88. The van der Waals surface area contributed by atoms with Crippen molar-refractivity contribution in [2.75, 3.05) is 11.1 Å². The summed E-state index contributed by atoms with van der Waals surface area (Å²) in [5.74, 6) is 0.739. The van der Waals surface area contributed by atoms with Gasteiger partial charge in [0, 0.05) is 39.6 Å². The Bertz CT molecular complexity index is 1590. The van der Waals surface area contributed by atoms with Gasteiger partial charge in [0.05, 0.1) is 5.75 Å². The van der Waals surface area contributed by atoms with Gasteiger partial charge < -0.3 is 5.32 Å². The highest BCUT2D eigenvalue weighted by molar-refractivity contribution is 7.99. The summed E-state index contributed by atoms with van der Waals surface area (Å²) >= 11 is 15.0. The van der Waals surface area contributed by atoms with E-state index < -0.39 is 0 Å². The first-order valence-corrected chi connectivity index (χ1v) is 13.9. The largest absolute Gasteiger partial charge is 0.301 e. The van der Waals surface area contributed by atoms with E-state index in [1.807, 2.05) is 34.9 Å². The van der Waals surface area contributed by atoms with Crippen LogP contribution in [0.2, 0.25) is 10.0 Å². The lowest BCUT2D eigenvalue weighted by Gasteiger charge is -2.10. The van der Waals surface area contributed by atoms with Crippen LogP contribution in [0.5, 0.6) is 0 Å². The van der Waals surface area contributed by atoms with Gasteiger partial charge in [-0.2, -0.15) is 0 Å². The van der Waals surface area contributed by atoms with E-state index in [1.54, 1.807) is 24.4 Å². The predicted octanol–water partition coefficient (Wildman–Crippen LogP) is 7.37. The molecule has 0 bridgehead atoms. The molecule has 5 rings (SSSR count). The number of thiazole rings is 1. The average molecular weight is 567 g/mol. The van der Waals surface area contributed by atoms with Crippen molar-refractivity contribution in [3.8, 4) is 11.4 Å². The highest BCUT2D eigenvalue weighted by Crippen LogP contribution is 2.31. The SMILES string of the molecule is C=CCn1c(SCC(=O)Nc2ncc(Cc3ccc(Cl)cc3Cl)s2)nnc1-c1cccc2ccccc12. The van der Waals surface area contributed by atoms with E-state index in [1.165, 1.54) is 23.1 Å². The van der Waals surface area contributed by atoms with Gasteiger partial charge in [0.1, 0.15) is 0 Å². The van der Waals surface area contributed by atoms with Gasteiger partial charge in [-0.1, -0.05) is 89.6 Å². The van der Waals surface area contributed by atoms with Crippen molar-refractivity contribution in [1.82, 2.24) is 19.7 Å². The fourth-order valence-electron chi connectivity index (χ4n) is 3.89. The Balaban J connectivity index is 1.26. The zero-order valence-corrected chi connectivity index (χ0v) is 22.7. The first kappa shape index (κ1) is 25.5. The molecule has 3 aromatic carbocycles. The Morgan fingerprint density at radius 3 is 2.78 bits per heavy atom. The van der Waals surface area contributed by atoms with Crippen LogP contribution in [-0.2, 0) is 17.8 Å². The molecule has 1 N–H and O–H groups in total. The number of carbonyl (C=O) groups excluding carboxylic acids is 1. The Morgan fingerprint density at radius 2 is 1.95 bits per heavy atom. The highest BCUT2D eigenvalue weighted by Gasteiger charge is 2.17. The number of benzene rings is 3. The maximum absolute atomic E-state index is 12.7. The number of allylic oxidation sites excluding steroid dienone is 1. The lowest BCUT2D eigenvalue weighted by molar-refractivity contribution is -0.113. The number of anilines is 1. The van der Waals surface area contributed by atoms with Crippen molar-refractivity contribution < 1.29 is 4.79 Å². The minimum atomic E-state index is -0.171. The van der Waals surface area contributed by atoms with Crippen molar-refractivity contribution in [3.05, 3.63) is 100 Å². The van der Waals surface area contributed by atoms with E-state index >= 15 is 0 Å². The number of rotatable bonds is 9. The van der Waals surface area contributed by atoms with Crippen LogP contribution in [0, 0.1) is 0 Å². The molecule has 37 heavy (non-hydrogen) atoms. The first-order chi connectivity index (χ1) is 18.0. The van der Waals surface area contributed by atoms with E-state index in [9.17, 15) is 4.79 Å². The van der Waals surface area contributed by atoms with Crippen LogP contribution >= 0.6 is 46.3 Å². The summed E-state index contributed by atoms with van der Waals surface area (Å²) < 4.78 is 1.98. The van der Waals surface area contributed by atoms with Crippen molar-refractivity contribution in [1.29, 1.82) is 0 Å². The van der Waals surface area contributed by atoms with Gasteiger partial charge in [-0.3, -0.25) is 9.36 Å². The second kappa shape index (κ2) is 11.5. The topological polar surface area (TPSA) is 72.7 Å². The van der Waals surface area contributed by atoms with Gasteiger partial charge in [0.15, 0.2) is 16.1 Å². The van der Waals surface area contributed by atoms with Gasteiger partial charge in [-0.15, -0.1) is 28.1 Å². The fraction of sp³-hybridized carbons (Fsp3) is 0.111. The average Bonchev–Trinajstić information content (AvgIpc) is 3.51. The van der Waals surface area contributed by atoms with Crippen LogP contribution in [0.4, 0.5) is 5.13 Å². The summed E-state index contributed by atoms with van der Waals surface area (Å²) in [6, 6.07) is 19.7. The molecule has 0 aliphatic heterocycles. The van der Waals surface area contributed by atoms with E-state index in [0.29, 0.717) is 33.3 Å². The van der Waals surface area contributed by atoms with Gasteiger partial charge in [-0.25, -0.2) is 4.98 Å². The molecule has 6 nitrogen and oxygen atoms in total. The molecular formula is C27H21Cl2N5OS2. The highest BCUT2D eigenvalue weighted by atomic mass is 35.5. The first-order valence-electron chi connectivity index (χ1n) is 11.4. The van der Waals surface area contributed by atoms with Gasteiger partial charge in [-0.05, 0) is 28.5 Å². The number of thioether (sulfide) groups is 1. The molecule has 10 heteroatoms. The molecule has 1 amide bonds. The molecule has 0 spiro atoms. The number of carbonyl (C=O) groups is 1. The maximum Gasteiger partial charge on any atom is 0.236 e. The number of fused-ring (bicyclic) bond motifs is 1. The minimum absolute atomic E-state index is 0.169. The summed E-state index contributed by atoms with van der Waals surface area (Å²) in [6.45, 7) is 4.41. The van der Waals surface area contributed by atoms with Crippen LogP contribution in [0.1, 0.15) is 10.4 Å². The summed E-state index contributed by atoms with van der Waals surface area (Å²) in [6.07, 6.45) is 4.15. The third-order valence-electron chi connectivity index (χ3n) is 5.57. The van der Waals surface area contributed by atoms with Crippen molar-refractivity contribution in [2.45, 2.75) is 18.1 Å². The van der Waals surface area contributed by atoms with Crippen LogP contribution in [0.25, 0.3) is 22.2 Å². The zero-order chi connectivity index (χ0) is 25.8. The number of aromatic nitrogens is 4. The molecule has 2 heterocycles. The fourth-order valence-corrected chi connectivity index (χ4v) is 5.97. The molecular weight excluding hydrogens is 545 g/mol. The number of hydrogen-bond donors (Lipinski definition) is 1. The monoisotopic (exact) mass is 565 g/mol. The molecule has 5 aromatic rings. The van der Waals surface area contributed by atoms with E-state index in [-0.39, 0.29) is 11.7 Å². The number of amides is 1. The summed E-state index contributed by atoms with van der Waals surface area (Å²) in [4.78, 5) is 18.0. The summed E-state index contributed by atoms with van der Waals surface area (Å²) in [5.41, 5.74) is 1.94. The van der Waals surface area contributed by atoms with Crippen LogP contribution < -0.4 is 5.32 Å². The second-order valence-electron chi connectivity index (χ2n) is 8.11. The minimum Gasteiger partial charge on any atom is -0.301 e. The lowest BCUT2D eigenvalue weighted by Crippen LogP contribution is -2.14. The molecule has 0 aliphatic rings. The van der Waals surface area contributed by atoms with Crippen molar-refractivity contribution >= 4 is 68.1 Å². The third-order valence-corrected chi connectivity index (χ3v) is 8.04. The van der Waals surface area contributed by atoms with E-state index in [0.717, 1.165) is 32.6 Å². The van der Waals surface area contributed by atoms with Gasteiger partial charge in [0.2, 0.25) is 5.91 Å². The predicted molar refractivity (Wildman–Crippen MR) is 154 cm³/mol. The number of nitrogens with one attached hydrogen (secondary N) is 1. The van der Waals surface area contributed by atoms with Gasteiger partial charge >= 0.3 is 0 Å². The maximum atomic E-state index is 12.7. The molecule has 2 aromatic heterocycles. The number of hydrogen-bond acceptors (Lipinski definition) is 6. The Kier molecular flexibility index (Phi) is 7.90. The molecule has 0 radical (unpaired) electrons. The quantitative estimate of drug-likeness (QED) is 0.149. The molecule has 0 saturated heterocycles. The summed E-state index contributed by atoms with van der Waals surface area (Å²) in [7, 11) is 0. The van der Waals surface area contributed by atoms with Crippen molar-refractivity contribution in [3.63, 3.8) is 0 Å². The molecule has 0 atom stereocenters. The van der Waals surface area contributed by atoms with Crippen LogP contribution in [0.15, 0.2) is 84.7 Å². The number of halogens is 2. The molecule has 0 fully saturated rings. The molecule has 0 saturated carbocycles. The summed E-state index contributed by atoms with van der Waals surface area (Å²) in [5, 5.41) is 16.3. The Morgan fingerprint density at radius 1 is 1.11 bits per heavy atom. The Labute approximate surface area is 232 Å². The smallest absolute Gasteiger partial charge is 0.236 e. The number of nitrogens with zero attached hydrogens (tertiary/aromatic N) is 4. The Hall–Kier alpha value is -3.17. The van der Waals surface area contributed by atoms with E-state index in [2.05, 4.69) is 45.3 Å². The lowest BCUT2D eigenvalue weighted by atomic mass is 10.0. The molecule has 186 valence electrons. The normalized spacial score (nSPS) is 11.1. The van der Waals surface area contributed by atoms with Gasteiger partial charge in [0.25, 0.3) is 0 Å². The standard InChI is InChI=1S/C27H21Cl2N5OS2/c1-2-12-34-25(22-9-5-7-17-6-3-4-8-21(17)22)32-33-27(34)36-16-24(35)31-26-30-15-20(37-26)13-18-10-11-19(28)14-23(18)29/h2-11,14-15H,1,12-13,16H2,(H,30,31,35). The van der Waals surface area contributed by atoms with Crippen molar-refractivity contribution in [2.24, 2.45) is 0 Å². The molecule has 0 aliphatic carbocycles. The van der Waals surface area contributed by atoms with Crippen LogP contribution in [0.3, 0.4) is 0 Å².